The Morgan fingerprint density at radius 3 is 2.06 bits per heavy atom. The maximum absolute atomic E-state index is 10.9. The molecule has 0 spiro atoms. The third-order valence-corrected chi connectivity index (χ3v) is 6.38. The van der Waals surface area contributed by atoms with Gasteiger partial charge in [-0.2, -0.15) is 0 Å². The summed E-state index contributed by atoms with van der Waals surface area (Å²) < 4.78 is 12.1. The van der Waals surface area contributed by atoms with Crippen LogP contribution in [0.25, 0.3) is 11.1 Å². The molecular weight excluding hydrogens is 432 g/mol. The number of likely N-dealkylation sites (tertiary alicyclic amines) is 1. The van der Waals surface area contributed by atoms with E-state index in [1.807, 2.05) is 24.3 Å². The number of nitrogens with one attached hydrogen (secondary N) is 1. The number of ether oxygens (including phenoxy) is 2. The lowest BCUT2D eigenvalue weighted by molar-refractivity contribution is -0.140. The van der Waals surface area contributed by atoms with E-state index < -0.39 is 18.6 Å². The molecule has 7 nitrogen and oxygen atoms in total. The molecule has 0 aliphatic carbocycles. The van der Waals surface area contributed by atoms with Gasteiger partial charge in [-0.1, -0.05) is 24.3 Å². The maximum atomic E-state index is 10.9. The van der Waals surface area contributed by atoms with Crippen molar-refractivity contribution in [3.8, 4) is 22.6 Å². The molecule has 186 valence electrons. The van der Waals surface area contributed by atoms with Gasteiger partial charge in [0.05, 0.1) is 19.8 Å². The van der Waals surface area contributed by atoms with E-state index in [-0.39, 0.29) is 0 Å². The molecule has 1 saturated heterocycles. The first kappa shape index (κ1) is 26.0. The summed E-state index contributed by atoms with van der Waals surface area (Å²) in [5.41, 5.74) is 4.43. The molecule has 0 saturated carbocycles. The van der Waals surface area contributed by atoms with Crippen molar-refractivity contribution < 1.29 is 24.5 Å². The van der Waals surface area contributed by atoms with E-state index in [1.54, 1.807) is 0 Å². The number of hydrogen-bond acceptors (Lipinski definition) is 6. The van der Waals surface area contributed by atoms with Gasteiger partial charge in [0.2, 0.25) is 0 Å². The van der Waals surface area contributed by atoms with Crippen molar-refractivity contribution in [1.82, 2.24) is 10.2 Å². The van der Waals surface area contributed by atoms with Crippen LogP contribution in [0.4, 0.5) is 0 Å². The summed E-state index contributed by atoms with van der Waals surface area (Å²) >= 11 is 0. The Hall–Kier alpha value is -2.61. The Morgan fingerprint density at radius 1 is 0.971 bits per heavy atom. The summed E-state index contributed by atoms with van der Waals surface area (Å²) in [5, 5.41) is 20.8. The standard InChI is InChI=1S/C27H38N2O5/c1-20-22(9-5-11-25(20)33-17-7-13-28-24(19-30)27(31)32)23-10-6-12-26(21(23)2)34-18-8-16-29-14-3-4-15-29/h5-6,9-12,24,28,30H,3-4,7-8,13-19H2,1-2H3,(H,31,32)/t24-/m0/s1. The first-order chi connectivity index (χ1) is 16.5. The van der Waals surface area contributed by atoms with Gasteiger partial charge in [-0.25, -0.2) is 0 Å². The van der Waals surface area contributed by atoms with Crippen LogP contribution in [0.3, 0.4) is 0 Å². The minimum Gasteiger partial charge on any atom is -0.493 e. The van der Waals surface area contributed by atoms with Crippen molar-refractivity contribution >= 4 is 5.97 Å². The van der Waals surface area contributed by atoms with Crippen molar-refractivity contribution in [3.63, 3.8) is 0 Å². The molecule has 3 rings (SSSR count). The highest BCUT2D eigenvalue weighted by molar-refractivity contribution is 5.74. The van der Waals surface area contributed by atoms with E-state index in [1.165, 1.54) is 25.9 Å². The molecule has 3 N–H and O–H groups in total. The summed E-state index contributed by atoms with van der Waals surface area (Å²) in [7, 11) is 0. The summed E-state index contributed by atoms with van der Waals surface area (Å²) in [6.45, 7) is 8.88. The number of aliphatic hydroxyl groups excluding tert-OH is 1. The molecule has 1 aliphatic heterocycles. The largest absolute Gasteiger partial charge is 0.493 e. The molecule has 0 bridgehead atoms. The van der Waals surface area contributed by atoms with E-state index in [4.69, 9.17) is 19.7 Å². The van der Waals surface area contributed by atoms with Gasteiger partial charge in [0.1, 0.15) is 17.5 Å². The highest BCUT2D eigenvalue weighted by atomic mass is 16.5. The third-order valence-electron chi connectivity index (χ3n) is 6.38. The lowest BCUT2D eigenvalue weighted by atomic mass is 9.95. The van der Waals surface area contributed by atoms with Crippen molar-refractivity contribution in [2.45, 2.75) is 45.6 Å². The number of carbonyl (C=O) groups is 1. The topological polar surface area (TPSA) is 91.3 Å². The molecule has 0 unspecified atom stereocenters. The lowest BCUT2D eigenvalue weighted by Gasteiger charge is -2.18. The fraction of sp³-hybridized carbons (Fsp3) is 0.519. The second-order valence-corrected chi connectivity index (χ2v) is 8.84. The molecule has 1 atom stereocenters. The van der Waals surface area contributed by atoms with Crippen molar-refractivity contribution in [2.24, 2.45) is 0 Å². The summed E-state index contributed by atoms with van der Waals surface area (Å²) in [5.74, 6) is 0.679. The van der Waals surface area contributed by atoms with Gasteiger partial charge in [0.25, 0.3) is 0 Å². The molecule has 1 fully saturated rings. The van der Waals surface area contributed by atoms with E-state index in [9.17, 15) is 4.79 Å². The molecule has 1 heterocycles. The third kappa shape index (κ3) is 7.19. The van der Waals surface area contributed by atoms with Crippen molar-refractivity contribution in [2.75, 3.05) is 46.0 Å². The maximum Gasteiger partial charge on any atom is 0.323 e. The quantitative estimate of drug-likeness (QED) is 0.363. The first-order valence-corrected chi connectivity index (χ1v) is 12.3. The summed E-state index contributed by atoms with van der Waals surface area (Å²) in [6.07, 6.45) is 4.30. The predicted octanol–water partition coefficient (Wildman–Crippen LogP) is 3.64. The Bertz CT molecular complexity index is 927. The molecule has 0 aromatic heterocycles. The van der Waals surface area contributed by atoms with Gasteiger partial charge in [0.15, 0.2) is 0 Å². The van der Waals surface area contributed by atoms with E-state index in [2.05, 4.69) is 36.2 Å². The number of hydrogen-bond donors (Lipinski definition) is 3. The monoisotopic (exact) mass is 470 g/mol. The van der Waals surface area contributed by atoms with Crippen LogP contribution in [0.1, 0.15) is 36.8 Å². The number of carboxylic acid groups (broad SMARTS) is 1. The smallest absolute Gasteiger partial charge is 0.323 e. The molecule has 2 aromatic carbocycles. The van der Waals surface area contributed by atoms with Crippen LogP contribution in [0.2, 0.25) is 0 Å². The lowest BCUT2D eigenvalue weighted by Crippen LogP contribution is -2.40. The SMILES string of the molecule is Cc1c(OCCCN[C@@H](CO)C(=O)O)cccc1-c1cccc(OCCCN2CCCC2)c1C. The zero-order chi connectivity index (χ0) is 24.3. The Labute approximate surface area is 202 Å². The molecule has 34 heavy (non-hydrogen) atoms. The number of carboxylic acids is 1. The van der Waals surface area contributed by atoms with Gasteiger partial charge in [0, 0.05) is 6.54 Å². The van der Waals surface area contributed by atoms with Crippen LogP contribution in [0.15, 0.2) is 36.4 Å². The normalized spacial score (nSPS) is 14.8. The molecule has 0 radical (unpaired) electrons. The van der Waals surface area contributed by atoms with Gasteiger partial charge < -0.3 is 29.9 Å². The Morgan fingerprint density at radius 2 is 1.53 bits per heavy atom. The molecule has 2 aromatic rings. The fourth-order valence-corrected chi connectivity index (χ4v) is 4.36. The van der Waals surface area contributed by atoms with E-state index in [0.717, 1.165) is 53.3 Å². The van der Waals surface area contributed by atoms with Crippen LogP contribution in [-0.2, 0) is 4.79 Å². The van der Waals surface area contributed by atoms with Gasteiger partial charge in [-0.15, -0.1) is 0 Å². The van der Waals surface area contributed by atoms with Crippen LogP contribution in [0, 0.1) is 13.8 Å². The van der Waals surface area contributed by atoms with E-state index in [0.29, 0.717) is 19.6 Å². The van der Waals surface area contributed by atoms with Crippen LogP contribution >= 0.6 is 0 Å². The molecular formula is C27H38N2O5. The van der Waals surface area contributed by atoms with Crippen LogP contribution < -0.4 is 14.8 Å². The van der Waals surface area contributed by atoms with Gasteiger partial charge in [-0.3, -0.25) is 4.79 Å². The number of nitrogens with zero attached hydrogens (tertiary/aromatic N) is 1. The molecule has 0 amide bonds. The summed E-state index contributed by atoms with van der Waals surface area (Å²) in [6, 6.07) is 11.3. The zero-order valence-electron chi connectivity index (χ0n) is 20.4. The minimum absolute atomic E-state index is 0.433. The average molecular weight is 471 g/mol. The minimum atomic E-state index is -1.06. The summed E-state index contributed by atoms with van der Waals surface area (Å²) in [4.78, 5) is 13.5. The van der Waals surface area contributed by atoms with Gasteiger partial charge in [-0.05, 0) is 93.6 Å². The van der Waals surface area contributed by atoms with Gasteiger partial charge >= 0.3 is 5.97 Å². The predicted molar refractivity (Wildman–Crippen MR) is 134 cm³/mol. The number of rotatable bonds is 14. The number of aliphatic hydroxyl groups is 1. The first-order valence-electron chi connectivity index (χ1n) is 12.3. The second-order valence-electron chi connectivity index (χ2n) is 8.84. The second kappa shape index (κ2) is 13.3. The Balaban J connectivity index is 1.56. The highest BCUT2D eigenvalue weighted by Gasteiger charge is 2.15. The highest BCUT2D eigenvalue weighted by Crippen LogP contribution is 2.35. The molecule has 7 heteroatoms. The average Bonchev–Trinajstić information content (AvgIpc) is 3.34. The van der Waals surface area contributed by atoms with Crippen LogP contribution in [-0.4, -0.2) is 73.1 Å². The van der Waals surface area contributed by atoms with E-state index >= 15 is 0 Å². The van der Waals surface area contributed by atoms with Crippen molar-refractivity contribution in [3.05, 3.63) is 47.5 Å². The number of aliphatic carboxylic acids is 1. The van der Waals surface area contributed by atoms with Crippen LogP contribution in [0.5, 0.6) is 11.5 Å². The zero-order valence-corrected chi connectivity index (χ0v) is 20.4. The molecule has 1 aliphatic rings. The fourth-order valence-electron chi connectivity index (χ4n) is 4.36. The Kier molecular flexibility index (Phi) is 10.2. The number of benzene rings is 2. The van der Waals surface area contributed by atoms with Crippen molar-refractivity contribution in [1.29, 1.82) is 0 Å².